The Bertz CT molecular complexity index is 1570. The normalized spacial score (nSPS) is 32.9. The smallest absolute Gasteiger partial charge is 0.246 e. The van der Waals surface area contributed by atoms with E-state index in [9.17, 15) is 23.1 Å². The maximum atomic E-state index is 15.2. The molecular weight excluding hydrogens is 719 g/mol. The van der Waals surface area contributed by atoms with Crippen molar-refractivity contribution < 1.29 is 32.6 Å². The molecule has 0 aromatic rings. The Morgan fingerprint density at radius 2 is 1.64 bits per heavy atom. The number of amides is 3. The van der Waals surface area contributed by atoms with Gasteiger partial charge in [0.25, 0.3) is 0 Å². The van der Waals surface area contributed by atoms with Gasteiger partial charge in [-0.25, -0.2) is 8.42 Å². The molecule has 312 valence electrons. The second kappa shape index (κ2) is 15.6. The number of hydrogen-bond donors (Lipinski definition) is 5. The van der Waals surface area contributed by atoms with Gasteiger partial charge in [0.2, 0.25) is 17.7 Å². The van der Waals surface area contributed by atoms with Crippen molar-refractivity contribution in [1.82, 2.24) is 26.2 Å². The average Bonchev–Trinajstić information content (AvgIpc) is 3.77. The molecule has 0 radical (unpaired) electrons. The summed E-state index contributed by atoms with van der Waals surface area (Å²) in [5.41, 5.74) is -2.17. The van der Waals surface area contributed by atoms with Crippen LogP contribution in [0.15, 0.2) is 12.7 Å². The number of epoxide rings is 1. The topological polar surface area (TPSA) is 169 Å². The zero-order chi connectivity index (χ0) is 40.2. The Labute approximate surface area is 330 Å². The molecule has 4 aliphatic carbocycles. The van der Waals surface area contributed by atoms with Gasteiger partial charge in [0.05, 0.1) is 23.1 Å². The molecule has 2 saturated heterocycles. The number of likely N-dealkylation sites (tertiary alicyclic amines) is 1. The molecule has 6 fully saturated rings. The van der Waals surface area contributed by atoms with Crippen LogP contribution in [0.1, 0.15) is 132 Å². The van der Waals surface area contributed by atoms with Gasteiger partial charge in [-0.1, -0.05) is 79.2 Å². The first-order valence-corrected chi connectivity index (χ1v) is 23.1. The largest absolute Gasteiger partial charge is 0.376 e. The minimum atomic E-state index is -3.46. The minimum Gasteiger partial charge on any atom is -0.376 e. The summed E-state index contributed by atoms with van der Waals surface area (Å²) in [7, 11) is -3.46. The molecule has 2 heterocycles. The van der Waals surface area contributed by atoms with E-state index in [1.54, 1.807) is 19.9 Å². The molecule has 13 heteroatoms. The molecule has 6 rings (SSSR count). The van der Waals surface area contributed by atoms with E-state index in [0.29, 0.717) is 51.1 Å². The van der Waals surface area contributed by atoms with Crippen LogP contribution in [0.5, 0.6) is 0 Å². The third kappa shape index (κ3) is 7.56. The maximum Gasteiger partial charge on any atom is 0.246 e. The monoisotopic (exact) mass is 790 g/mol. The van der Waals surface area contributed by atoms with Gasteiger partial charge in [-0.2, -0.15) is 0 Å². The fourth-order valence-corrected chi connectivity index (χ4v) is 13.3. The summed E-state index contributed by atoms with van der Waals surface area (Å²) in [5.74, 6) is -0.113. The number of rotatable bonds is 19. The molecule has 0 bridgehead atoms. The second-order valence-electron chi connectivity index (χ2n) is 19.6. The molecular formula is C42H71N5O7S. The van der Waals surface area contributed by atoms with Crippen molar-refractivity contribution >= 4 is 27.6 Å². The first kappa shape index (κ1) is 42.5. The summed E-state index contributed by atoms with van der Waals surface area (Å²) in [6, 6.07) is -1.12. The van der Waals surface area contributed by atoms with Gasteiger partial charge in [-0.15, -0.1) is 6.58 Å². The van der Waals surface area contributed by atoms with Gasteiger partial charge in [0.1, 0.15) is 30.0 Å². The van der Waals surface area contributed by atoms with Crippen LogP contribution < -0.4 is 21.3 Å². The SMILES string of the molecule is C=CCNC(O)C1OC1C(CCC)NC(=O)C12CC3C1C(CN2C(=O)[C@@H](NC(=O)CNC1(CS(=O)(=O)C(C)(C)CC)CCCCC1)C1(C)CCCC1)C3(C)C. The van der Waals surface area contributed by atoms with Crippen molar-refractivity contribution in [3.8, 4) is 0 Å². The van der Waals surface area contributed by atoms with E-state index in [2.05, 4.69) is 55.5 Å². The Morgan fingerprint density at radius 1 is 0.982 bits per heavy atom. The van der Waals surface area contributed by atoms with Crippen LogP contribution >= 0.6 is 0 Å². The van der Waals surface area contributed by atoms with E-state index >= 15 is 4.79 Å². The van der Waals surface area contributed by atoms with Crippen molar-refractivity contribution in [2.75, 3.05) is 25.4 Å². The number of nitrogens with one attached hydrogen (secondary N) is 4. The number of ether oxygens (including phenoxy) is 1. The van der Waals surface area contributed by atoms with Crippen LogP contribution in [-0.2, 0) is 29.0 Å². The molecule has 0 aromatic heterocycles. The van der Waals surface area contributed by atoms with Gasteiger partial charge >= 0.3 is 0 Å². The standard InChI is InChI=1S/C42H71N5O7S/c1-9-17-29(32-33(54-32)35(49)43-22-10-2)45-37(51)42-23-27-31(42)28(39(27,6)7)25-47(42)36(50)34(40(8)18-15-16-19-40)46-30(48)24-44-41(20-13-12-14-21-41)26-55(52,53)38(4,5)11-3/h10,27-29,31-35,43-44,49H,2,9,11-26H2,1,3-8H3,(H,45,51)(H,46,48)/t27?,28?,29?,31?,32?,33?,34-,35?,42?/m1/s1. The lowest BCUT2D eigenvalue weighted by molar-refractivity contribution is -0.203. The molecule has 0 aromatic carbocycles. The highest BCUT2D eigenvalue weighted by molar-refractivity contribution is 7.92. The molecule has 4 saturated carbocycles. The van der Waals surface area contributed by atoms with E-state index in [4.69, 9.17) is 4.74 Å². The molecule has 5 N–H and O–H groups in total. The Kier molecular flexibility index (Phi) is 12.1. The fraction of sp³-hybridized carbons (Fsp3) is 0.881. The van der Waals surface area contributed by atoms with E-state index in [1.807, 2.05) is 11.8 Å². The zero-order valence-electron chi connectivity index (χ0n) is 34.7. The van der Waals surface area contributed by atoms with Gasteiger partial charge in [0, 0.05) is 18.6 Å². The fourth-order valence-electron chi connectivity index (χ4n) is 11.4. The minimum absolute atomic E-state index is 0.00115. The predicted molar refractivity (Wildman–Crippen MR) is 213 cm³/mol. The van der Waals surface area contributed by atoms with Crippen molar-refractivity contribution in [3.63, 3.8) is 0 Å². The Morgan fingerprint density at radius 3 is 2.25 bits per heavy atom. The van der Waals surface area contributed by atoms with Gasteiger partial charge in [0.15, 0.2) is 9.84 Å². The van der Waals surface area contributed by atoms with Crippen LogP contribution in [0.25, 0.3) is 0 Å². The number of carbonyl (C=O) groups excluding carboxylic acids is 3. The van der Waals surface area contributed by atoms with Crippen LogP contribution in [0, 0.1) is 28.6 Å². The first-order chi connectivity index (χ1) is 25.8. The van der Waals surface area contributed by atoms with Crippen molar-refractivity contribution in [2.24, 2.45) is 28.6 Å². The number of sulfone groups is 1. The summed E-state index contributed by atoms with van der Waals surface area (Å²) >= 11 is 0. The number of carbonyl (C=O) groups is 3. The molecule has 55 heavy (non-hydrogen) atoms. The van der Waals surface area contributed by atoms with Gasteiger partial charge in [-0.3, -0.25) is 19.7 Å². The number of nitrogens with zero attached hydrogens (tertiary/aromatic N) is 1. The van der Waals surface area contributed by atoms with E-state index in [0.717, 1.165) is 51.4 Å². The highest BCUT2D eigenvalue weighted by atomic mass is 32.2. The summed E-state index contributed by atoms with van der Waals surface area (Å²) in [6.07, 6.45) is 10.3. The maximum absolute atomic E-state index is 15.2. The van der Waals surface area contributed by atoms with Gasteiger partial charge < -0.3 is 30.7 Å². The summed E-state index contributed by atoms with van der Waals surface area (Å²) in [4.78, 5) is 45.9. The number of aliphatic hydroxyl groups excluding tert-OH is 1. The van der Waals surface area contributed by atoms with E-state index < -0.39 is 49.5 Å². The van der Waals surface area contributed by atoms with E-state index in [1.165, 1.54) is 0 Å². The first-order valence-electron chi connectivity index (χ1n) is 21.4. The molecule has 6 aliphatic rings. The molecule has 8 unspecified atom stereocenters. The van der Waals surface area contributed by atoms with Crippen LogP contribution in [0.2, 0.25) is 0 Å². The Balaban J connectivity index is 1.22. The summed E-state index contributed by atoms with van der Waals surface area (Å²) in [5, 5.41) is 23.6. The van der Waals surface area contributed by atoms with Crippen LogP contribution in [0.3, 0.4) is 0 Å². The second-order valence-corrected chi connectivity index (χ2v) is 22.3. The zero-order valence-corrected chi connectivity index (χ0v) is 35.5. The lowest BCUT2D eigenvalue weighted by Crippen LogP contribution is -2.77. The average molecular weight is 790 g/mol. The van der Waals surface area contributed by atoms with Crippen molar-refractivity contribution in [3.05, 3.63) is 12.7 Å². The summed E-state index contributed by atoms with van der Waals surface area (Å²) in [6.45, 7) is 18.6. The predicted octanol–water partition coefficient (Wildman–Crippen LogP) is 3.97. The number of aliphatic hydroxyl groups is 1. The van der Waals surface area contributed by atoms with Crippen LogP contribution in [-0.4, -0.2) is 108 Å². The quantitative estimate of drug-likeness (QED) is 0.0739. The summed E-state index contributed by atoms with van der Waals surface area (Å²) < 4.78 is 32.3. The number of hydrogen-bond acceptors (Lipinski definition) is 9. The Hall–Kier alpha value is -2.06. The lowest BCUT2D eigenvalue weighted by atomic mass is 9.36. The van der Waals surface area contributed by atoms with Crippen molar-refractivity contribution in [1.29, 1.82) is 0 Å². The third-order valence-electron chi connectivity index (χ3n) is 15.6. The molecule has 3 amide bonds. The molecule has 2 aliphatic heterocycles. The molecule has 9 atom stereocenters. The van der Waals surface area contributed by atoms with Crippen LogP contribution in [0.4, 0.5) is 0 Å². The molecule has 0 spiro atoms. The third-order valence-corrected chi connectivity index (χ3v) is 18.5. The van der Waals surface area contributed by atoms with Gasteiger partial charge in [-0.05, 0) is 87.4 Å². The van der Waals surface area contributed by atoms with Crippen molar-refractivity contribution in [2.45, 2.75) is 178 Å². The van der Waals surface area contributed by atoms with E-state index in [-0.39, 0.29) is 59.4 Å². The molecule has 12 nitrogen and oxygen atoms in total. The highest BCUT2D eigenvalue weighted by Crippen LogP contribution is 2.75. The highest BCUT2D eigenvalue weighted by Gasteiger charge is 2.81. The lowest BCUT2D eigenvalue weighted by Gasteiger charge is -2.68.